The summed E-state index contributed by atoms with van der Waals surface area (Å²) in [5.74, 6) is -0.847. The first kappa shape index (κ1) is 18.4. The van der Waals surface area contributed by atoms with Crippen LogP contribution in [0.25, 0.3) is 5.57 Å². The van der Waals surface area contributed by atoms with E-state index in [1.807, 2.05) is 0 Å². The average Bonchev–Trinajstić information content (AvgIpc) is 3.21. The summed E-state index contributed by atoms with van der Waals surface area (Å²) in [7, 11) is 0. The van der Waals surface area contributed by atoms with E-state index in [0.29, 0.717) is 6.54 Å². The number of piperidine rings is 1. The van der Waals surface area contributed by atoms with Crippen molar-refractivity contribution < 1.29 is 9.90 Å². The van der Waals surface area contributed by atoms with Gasteiger partial charge in [-0.05, 0) is 79.2 Å². The molecular formula is C20H25NO2S2. The summed E-state index contributed by atoms with van der Waals surface area (Å²) in [4.78, 5) is 16.2. The second-order valence-electron chi connectivity index (χ2n) is 6.71. The zero-order valence-electron chi connectivity index (χ0n) is 14.8. The topological polar surface area (TPSA) is 40.5 Å². The first-order valence-corrected chi connectivity index (χ1v) is 10.6. The van der Waals surface area contributed by atoms with Crippen molar-refractivity contribution in [3.05, 3.63) is 49.9 Å². The molecule has 0 aromatic carbocycles. The molecule has 3 nitrogen and oxygen atoms in total. The quantitative estimate of drug-likeness (QED) is 0.768. The number of hydrogen-bond acceptors (Lipinski definition) is 4. The van der Waals surface area contributed by atoms with E-state index < -0.39 is 5.97 Å². The monoisotopic (exact) mass is 375 g/mol. The number of carbonyl (C=O) groups is 1. The van der Waals surface area contributed by atoms with Crippen LogP contribution in [0.3, 0.4) is 0 Å². The molecule has 3 heterocycles. The molecule has 1 N–H and O–H groups in total. The number of hydrogen-bond donors (Lipinski definition) is 1. The van der Waals surface area contributed by atoms with E-state index in [1.165, 1.54) is 26.5 Å². The van der Waals surface area contributed by atoms with Crippen LogP contribution in [0.1, 0.15) is 40.1 Å². The fourth-order valence-electron chi connectivity index (χ4n) is 3.49. The van der Waals surface area contributed by atoms with Gasteiger partial charge in [-0.3, -0.25) is 4.79 Å². The summed E-state index contributed by atoms with van der Waals surface area (Å²) < 4.78 is 0. The first-order chi connectivity index (χ1) is 12.1. The summed E-state index contributed by atoms with van der Waals surface area (Å²) in [6, 6.07) is 4.39. The Balaban J connectivity index is 1.73. The molecule has 0 bridgehead atoms. The zero-order chi connectivity index (χ0) is 17.8. The van der Waals surface area contributed by atoms with Crippen molar-refractivity contribution in [1.82, 2.24) is 4.90 Å². The predicted molar refractivity (Wildman–Crippen MR) is 107 cm³/mol. The number of nitrogens with zero attached hydrogens (tertiary/aromatic N) is 1. The number of carboxylic acid groups (broad SMARTS) is 1. The van der Waals surface area contributed by atoms with Crippen LogP contribution < -0.4 is 0 Å². The molecule has 25 heavy (non-hydrogen) atoms. The van der Waals surface area contributed by atoms with Crippen LogP contribution in [0, 0.1) is 19.8 Å². The van der Waals surface area contributed by atoms with Crippen molar-refractivity contribution in [3.8, 4) is 0 Å². The maximum Gasteiger partial charge on any atom is 0.307 e. The van der Waals surface area contributed by atoms with Crippen LogP contribution in [-0.2, 0) is 4.79 Å². The van der Waals surface area contributed by atoms with Crippen LogP contribution in [0.4, 0.5) is 0 Å². The third kappa shape index (κ3) is 4.40. The molecule has 1 fully saturated rings. The SMILES string of the molecule is Cc1ccsc1C(=CCCN1CCCC(C(=O)O)C1)c1ccsc1C. The standard InChI is InChI=1S/C20H25NO2S2/c1-14-7-11-25-19(14)18(17-8-12-24-15(17)2)6-4-10-21-9-3-5-16(13-21)20(22)23/h6-8,11-12,16H,3-5,9-10,13H2,1-2H3,(H,22,23). The van der Waals surface area contributed by atoms with E-state index in [2.05, 4.69) is 47.7 Å². The van der Waals surface area contributed by atoms with Crippen LogP contribution >= 0.6 is 22.7 Å². The lowest BCUT2D eigenvalue weighted by atomic mass is 9.98. The van der Waals surface area contributed by atoms with Gasteiger partial charge in [0, 0.05) is 22.8 Å². The second kappa shape index (κ2) is 8.30. The Morgan fingerprint density at radius 2 is 2.12 bits per heavy atom. The summed E-state index contributed by atoms with van der Waals surface area (Å²) >= 11 is 3.59. The zero-order valence-corrected chi connectivity index (χ0v) is 16.5. The van der Waals surface area contributed by atoms with Crippen molar-refractivity contribution in [2.45, 2.75) is 33.1 Å². The van der Waals surface area contributed by atoms with Gasteiger partial charge in [-0.1, -0.05) is 6.08 Å². The molecule has 0 radical (unpaired) electrons. The third-order valence-electron chi connectivity index (χ3n) is 4.90. The molecule has 1 atom stereocenters. The minimum absolute atomic E-state index is 0.198. The second-order valence-corrected chi connectivity index (χ2v) is 8.74. The molecule has 2 aromatic heterocycles. The molecule has 2 aromatic rings. The summed E-state index contributed by atoms with van der Waals surface area (Å²) in [5.41, 5.74) is 3.99. The van der Waals surface area contributed by atoms with Crippen LogP contribution in [0.15, 0.2) is 29.0 Å². The molecule has 1 aliphatic heterocycles. The van der Waals surface area contributed by atoms with Crippen molar-refractivity contribution >= 4 is 34.2 Å². The lowest BCUT2D eigenvalue weighted by Gasteiger charge is -2.30. The Kier molecular flexibility index (Phi) is 6.10. The van der Waals surface area contributed by atoms with Crippen molar-refractivity contribution in [3.63, 3.8) is 0 Å². The molecule has 0 aliphatic carbocycles. The number of rotatable bonds is 6. The van der Waals surface area contributed by atoms with Gasteiger partial charge in [-0.15, -0.1) is 22.7 Å². The highest BCUT2D eigenvalue weighted by molar-refractivity contribution is 7.12. The van der Waals surface area contributed by atoms with E-state index >= 15 is 0 Å². The lowest BCUT2D eigenvalue weighted by Crippen LogP contribution is -2.39. The van der Waals surface area contributed by atoms with E-state index in [4.69, 9.17) is 0 Å². The lowest BCUT2D eigenvalue weighted by molar-refractivity contribution is -0.143. The molecule has 0 amide bonds. The van der Waals surface area contributed by atoms with E-state index in [-0.39, 0.29) is 5.92 Å². The van der Waals surface area contributed by atoms with E-state index in [1.54, 1.807) is 22.7 Å². The Morgan fingerprint density at radius 3 is 2.76 bits per heavy atom. The van der Waals surface area contributed by atoms with Gasteiger partial charge in [0.15, 0.2) is 0 Å². The van der Waals surface area contributed by atoms with E-state index in [0.717, 1.165) is 32.4 Å². The minimum atomic E-state index is -0.649. The number of likely N-dealkylation sites (tertiary alicyclic amines) is 1. The molecule has 134 valence electrons. The van der Waals surface area contributed by atoms with Crippen LogP contribution in [0.5, 0.6) is 0 Å². The largest absolute Gasteiger partial charge is 0.481 e. The van der Waals surface area contributed by atoms with E-state index in [9.17, 15) is 9.90 Å². The molecule has 0 saturated carbocycles. The van der Waals surface area contributed by atoms with Gasteiger partial charge >= 0.3 is 5.97 Å². The maximum absolute atomic E-state index is 11.2. The van der Waals surface area contributed by atoms with Crippen molar-refractivity contribution in [2.75, 3.05) is 19.6 Å². The number of aryl methyl sites for hydroxylation is 2. The van der Waals surface area contributed by atoms with Gasteiger partial charge in [0.05, 0.1) is 5.92 Å². The Hall–Kier alpha value is -1.43. The highest BCUT2D eigenvalue weighted by Crippen LogP contribution is 2.34. The Bertz CT molecular complexity index is 717. The normalized spacial score (nSPS) is 19.3. The molecule has 1 saturated heterocycles. The van der Waals surface area contributed by atoms with Crippen molar-refractivity contribution in [1.29, 1.82) is 0 Å². The molecule has 0 spiro atoms. The summed E-state index contributed by atoms with van der Waals surface area (Å²) in [6.07, 6.45) is 5.10. The highest BCUT2D eigenvalue weighted by Gasteiger charge is 2.24. The number of thiophene rings is 2. The Labute approximate surface area is 157 Å². The molecule has 1 aliphatic rings. The van der Waals surface area contributed by atoms with Gasteiger partial charge in [-0.2, -0.15) is 0 Å². The smallest absolute Gasteiger partial charge is 0.307 e. The molecule has 5 heteroatoms. The van der Waals surface area contributed by atoms with Gasteiger partial charge in [-0.25, -0.2) is 0 Å². The highest BCUT2D eigenvalue weighted by atomic mass is 32.1. The van der Waals surface area contributed by atoms with Gasteiger partial charge < -0.3 is 10.0 Å². The van der Waals surface area contributed by atoms with Gasteiger partial charge in [0.2, 0.25) is 0 Å². The third-order valence-corrected chi connectivity index (χ3v) is 6.80. The minimum Gasteiger partial charge on any atom is -0.481 e. The maximum atomic E-state index is 11.2. The molecular weight excluding hydrogens is 350 g/mol. The van der Waals surface area contributed by atoms with Crippen molar-refractivity contribution in [2.24, 2.45) is 5.92 Å². The molecule has 1 unspecified atom stereocenters. The fraction of sp³-hybridized carbons (Fsp3) is 0.450. The van der Waals surface area contributed by atoms with Gasteiger partial charge in [0.1, 0.15) is 0 Å². The van der Waals surface area contributed by atoms with Crippen LogP contribution in [0.2, 0.25) is 0 Å². The predicted octanol–water partition coefficient (Wildman–Crippen LogP) is 5.04. The average molecular weight is 376 g/mol. The van der Waals surface area contributed by atoms with Crippen LogP contribution in [-0.4, -0.2) is 35.6 Å². The number of aliphatic carboxylic acids is 1. The first-order valence-electron chi connectivity index (χ1n) is 8.80. The molecule has 3 rings (SSSR count). The summed E-state index contributed by atoms with van der Waals surface area (Å²) in [6.45, 7) is 6.99. The van der Waals surface area contributed by atoms with Gasteiger partial charge in [0.25, 0.3) is 0 Å². The summed E-state index contributed by atoms with van der Waals surface area (Å²) in [5, 5.41) is 13.6. The number of carboxylic acids is 1. The Morgan fingerprint density at radius 1 is 1.32 bits per heavy atom. The fourth-order valence-corrected chi connectivity index (χ4v) is 5.19.